The van der Waals surface area contributed by atoms with Crippen LogP contribution in [0.5, 0.6) is 0 Å². The van der Waals surface area contributed by atoms with Gasteiger partial charge in [0.1, 0.15) is 5.82 Å². The molecule has 1 amide bonds. The molecule has 2 aliphatic carbocycles. The monoisotopic (exact) mass is 217 g/mol. The summed E-state index contributed by atoms with van der Waals surface area (Å²) in [5.41, 5.74) is 6.22. The third-order valence-electron chi connectivity index (χ3n) is 3.76. The Kier molecular flexibility index (Phi) is 2.09. The molecule has 0 spiro atoms. The number of hydrogen-bond donors (Lipinski definition) is 2. The number of fused-ring (bicyclic) bond motifs is 1. The zero-order valence-electron chi connectivity index (χ0n) is 9.02. The van der Waals surface area contributed by atoms with Crippen molar-refractivity contribution in [2.45, 2.75) is 19.3 Å². The summed E-state index contributed by atoms with van der Waals surface area (Å²) in [6, 6.07) is 3.49. The second kappa shape index (κ2) is 3.47. The quantitative estimate of drug-likeness (QED) is 0.791. The molecule has 2 unspecified atom stereocenters. The molecule has 3 N–H and O–H groups in total. The largest absolute Gasteiger partial charge is 0.384 e. The van der Waals surface area contributed by atoms with Crippen LogP contribution in [-0.2, 0) is 4.79 Å². The van der Waals surface area contributed by atoms with E-state index in [-0.39, 0.29) is 11.8 Å². The van der Waals surface area contributed by atoms with Crippen LogP contribution in [0.2, 0.25) is 0 Å². The predicted molar refractivity (Wildman–Crippen MR) is 61.6 cm³/mol. The lowest BCUT2D eigenvalue weighted by molar-refractivity contribution is -0.118. The van der Waals surface area contributed by atoms with Gasteiger partial charge < -0.3 is 11.1 Å². The van der Waals surface area contributed by atoms with Gasteiger partial charge >= 0.3 is 0 Å². The van der Waals surface area contributed by atoms with Crippen molar-refractivity contribution < 1.29 is 4.79 Å². The summed E-state index contributed by atoms with van der Waals surface area (Å²) in [5.74, 6) is 2.19. The number of anilines is 2. The number of pyridine rings is 1. The zero-order chi connectivity index (χ0) is 11.1. The van der Waals surface area contributed by atoms with Gasteiger partial charge in [0, 0.05) is 5.92 Å². The molecule has 4 heteroatoms. The number of nitrogens with two attached hydrogens (primary N) is 1. The van der Waals surface area contributed by atoms with Crippen molar-refractivity contribution in [3.8, 4) is 0 Å². The SMILES string of the molecule is Nc1ccc(NC(=O)C2C3CCCC32)cn1. The molecule has 0 radical (unpaired) electrons. The first-order valence-corrected chi connectivity index (χ1v) is 5.78. The van der Waals surface area contributed by atoms with Gasteiger partial charge in [-0.2, -0.15) is 0 Å². The number of carbonyl (C=O) groups is 1. The third kappa shape index (κ3) is 1.54. The maximum absolute atomic E-state index is 11.9. The van der Waals surface area contributed by atoms with E-state index < -0.39 is 0 Å². The van der Waals surface area contributed by atoms with Crippen LogP contribution in [0.25, 0.3) is 0 Å². The maximum atomic E-state index is 11.9. The highest BCUT2D eigenvalue weighted by Gasteiger charge is 2.56. The lowest BCUT2D eigenvalue weighted by Crippen LogP contribution is -2.16. The molecule has 2 fully saturated rings. The van der Waals surface area contributed by atoms with Gasteiger partial charge in [-0.25, -0.2) is 4.98 Å². The molecule has 0 saturated heterocycles. The summed E-state index contributed by atoms with van der Waals surface area (Å²) in [6.45, 7) is 0. The fraction of sp³-hybridized carbons (Fsp3) is 0.500. The van der Waals surface area contributed by atoms with Crippen molar-refractivity contribution in [3.63, 3.8) is 0 Å². The Morgan fingerprint density at radius 3 is 2.75 bits per heavy atom. The van der Waals surface area contributed by atoms with Crippen molar-refractivity contribution in [2.24, 2.45) is 17.8 Å². The second-order valence-electron chi connectivity index (χ2n) is 4.75. The highest BCUT2D eigenvalue weighted by atomic mass is 16.2. The molecule has 3 rings (SSSR count). The summed E-state index contributed by atoms with van der Waals surface area (Å²) in [4.78, 5) is 15.9. The molecule has 4 nitrogen and oxygen atoms in total. The average Bonchev–Trinajstić information content (AvgIpc) is 2.76. The van der Waals surface area contributed by atoms with Gasteiger partial charge in [-0.3, -0.25) is 4.79 Å². The van der Waals surface area contributed by atoms with Crippen LogP contribution >= 0.6 is 0 Å². The molecule has 16 heavy (non-hydrogen) atoms. The van der Waals surface area contributed by atoms with Gasteiger partial charge in [-0.05, 0) is 36.8 Å². The van der Waals surface area contributed by atoms with E-state index in [0.717, 1.165) is 5.69 Å². The Morgan fingerprint density at radius 1 is 1.38 bits per heavy atom. The number of hydrogen-bond acceptors (Lipinski definition) is 3. The predicted octanol–water partition coefficient (Wildman–Crippen LogP) is 1.65. The molecule has 0 bridgehead atoms. The number of nitrogens with one attached hydrogen (secondary N) is 1. The molecule has 0 aliphatic heterocycles. The highest BCUT2D eigenvalue weighted by Crippen LogP contribution is 2.57. The molecule has 84 valence electrons. The molecular weight excluding hydrogens is 202 g/mol. The van der Waals surface area contributed by atoms with E-state index in [0.29, 0.717) is 17.7 Å². The van der Waals surface area contributed by atoms with Crippen molar-refractivity contribution in [2.75, 3.05) is 11.1 Å². The molecule has 1 aromatic heterocycles. The molecule has 1 aromatic rings. The zero-order valence-corrected chi connectivity index (χ0v) is 9.02. The van der Waals surface area contributed by atoms with Crippen LogP contribution in [0.3, 0.4) is 0 Å². The fourth-order valence-corrected chi connectivity index (χ4v) is 2.92. The Hall–Kier alpha value is -1.58. The average molecular weight is 217 g/mol. The van der Waals surface area contributed by atoms with Crippen molar-refractivity contribution in [1.82, 2.24) is 4.98 Å². The first kappa shape index (κ1) is 9.63. The molecule has 0 aromatic carbocycles. The van der Waals surface area contributed by atoms with Crippen LogP contribution in [0, 0.1) is 17.8 Å². The maximum Gasteiger partial charge on any atom is 0.228 e. The smallest absolute Gasteiger partial charge is 0.228 e. The van der Waals surface area contributed by atoms with Crippen LogP contribution < -0.4 is 11.1 Å². The van der Waals surface area contributed by atoms with Gasteiger partial charge in [-0.15, -0.1) is 0 Å². The van der Waals surface area contributed by atoms with E-state index in [1.54, 1.807) is 18.3 Å². The van der Waals surface area contributed by atoms with Crippen LogP contribution in [0.15, 0.2) is 18.3 Å². The van der Waals surface area contributed by atoms with Crippen molar-refractivity contribution in [1.29, 1.82) is 0 Å². The number of aromatic nitrogens is 1. The summed E-state index contributed by atoms with van der Waals surface area (Å²) >= 11 is 0. The van der Waals surface area contributed by atoms with Gasteiger partial charge in [0.25, 0.3) is 0 Å². The van der Waals surface area contributed by atoms with E-state index in [4.69, 9.17) is 5.73 Å². The molecule has 2 atom stereocenters. The van der Waals surface area contributed by atoms with Crippen LogP contribution in [0.1, 0.15) is 19.3 Å². The lowest BCUT2D eigenvalue weighted by atomic mass is 10.1. The minimum atomic E-state index is 0.154. The molecule has 2 aliphatic rings. The van der Waals surface area contributed by atoms with E-state index >= 15 is 0 Å². The highest BCUT2D eigenvalue weighted by molar-refractivity contribution is 5.94. The lowest BCUT2D eigenvalue weighted by Gasteiger charge is -2.06. The van der Waals surface area contributed by atoms with Gasteiger partial charge in [0.2, 0.25) is 5.91 Å². The second-order valence-corrected chi connectivity index (χ2v) is 4.75. The van der Waals surface area contributed by atoms with Crippen molar-refractivity contribution in [3.05, 3.63) is 18.3 Å². The van der Waals surface area contributed by atoms with E-state index in [2.05, 4.69) is 10.3 Å². The van der Waals surface area contributed by atoms with Crippen LogP contribution in [-0.4, -0.2) is 10.9 Å². The Labute approximate surface area is 94.2 Å². The summed E-state index contributed by atoms with van der Waals surface area (Å²) in [5, 5.41) is 2.90. The third-order valence-corrected chi connectivity index (χ3v) is 3.76. The number of rotatable bonds is 2. The number of nitrogen functional groups attached to an aromatic ring is 1. The first-order chi connectivity index (χ1) is 7.75. The van der Waals surface area contributed by atoms with Crippen LogP contribution in [0.4, 0.5) is 11.5 Å². The molecule has 2 saturated carbocycles. The number of nitrogens with zero attached hydrogens (tertiary/aromatic N) is 1. The van der Waals surface area contributed by atoms with E-state index in [9.17, 15) is 4.79 Å². The fourth-order valence-electron chi connectivity index (χ4n) is 2.92. The minimum absolute atomic E-state index is 0.154. The van der Waals surface area contributed by atoms with Crippen molar-refractivity contribution >= 4 is 17.4 Å². The topological polar surface area (TPSA) is 68.0 Å². The number of carbonyl (C=O) groups excluding carboxylic acids is 1. The summed E-state index contributed by atoms with van der Waals surface area (Å²) < 4.78 is 0. The first-order valence-electron chi connectivity index (χ1n) is 5.78. The standard InChI is InChI=1S/C12H15N3O/c13-10-5-4-7(6-14-10)15-12(16)11-8-2-1-3-9(8)11/h4-6,8-9,11H,1-3H2,(H2,13,14)(H,15,16). The molecule has 1 heterocycles. The Bertz CT molecular complexity index is 405. The Balaban J connectivity index is 1.63. The normalized spacial score (nSPS) is 30.9. The van der Waals surface area contributed by atoms with E-state index in [1.807, 2.05) is 0 Å². The minimum Gasteiger partial charge on any atom is -0.384 e. The van der Waals surface area contributed by atoms with Gasteiger partial charge in [-0.1, -0.05) is 6.42 Å². The summed E-state index contributed by atoms with van der Waals surface area (Å²) in [7, 11) is 0. The van der Waals surface area contributed by atoms with Gasteiger partial charge in [0.05, 0.1) is 11.9 Å². The Morgan fingerprint density at radius 2 is 2.12 bits per heavy atom. The van der Waals surface area contributed by atoms with Gasteiger partial charge in [0.15, 0.2) is 0 Å². The summed E-state index contributed by atoms with van der Waals surface area (Å²) in [6.07, 6.45) is 5.35. The van der Waals surface area contributed by atoms with E-state index in [1.165, 1.54) is 19.3 Å². The molecular formula is C12H15N3O. The number of amides is 1.